The molecule has 0 aliphatic heterocycles. The summed E-state index contributed by atoms with van der Waals surface area (Å²) >= 11 is 2.57. The van der Waals surface area contributed by atoms with E-state index >= 15 is 0 Å². The molecule has 0 saturated heterocycles. The Bertz CT molecular complexity index is 1420. The Morgan fingerprint density at radius 1 is 1.02 bits per heavy atom. The van der Waals surface area contributed by atoms with Crippen LogP contribution in [-0.2, 0) is 19.1 Å². The fourth-order valence-electron chi connectivity index (χ4n) is 4.42. The standard InChI is InChI=1S/C30H30N2O6S2/c1-3-38-30(37)25-24(19-10-5-4-6-11-19)17-39-28(25)32-26(33)18(2)40-21-13-9-12-20(16-21)31-27(34)22-14-7-8-15-23(22)29(35)36/h4-13,16-18,22-23H,3,14-15H2,1-2H3,(H,31,34)(H,32,33)(H,35,36). The minimum atomic E-state index is -0.985. The van der Waals surface area contributed by atoms with Gasteiger partial charge in [0.1, 0.15) is 10.6 Å². The van der Waals surface area contributed by atoms with Crippen LogP contribution in [0.15, 0.2) is 77.0 Å². The molecule has 0 saturated carbocycles. The first-order valence-electron chi connectivity index (χ1n) is 12.9. The number of nitrogens with one attached hydrogen (secondary N) is 2. The molecule has 0 fully saturated rings. The van der Waals surface area contributed by atoms with Crippen LogP contribution in [0.2, 0.25) is 0 Å². The second kappa shape index (κ2) is 13.5. The van der Waals surface area contributed by atoms with E-state index in [1.165, 1.54) is 23.1 Å². The smallest absolute Gasteiger partial charge is 0.341 e. The number of esters is 1. The van der Waals surface area contributed by atoms with E-state index < -0.39 is 29.0 Å². The average molecular weight is 579 g/mol. The van der Waals surface area contributed by atoms with Gasteiger partial charge in [0.2, 0.25) is 11.8 Å². The highest BCUT2D eigenvalue weighted by atomic mass is 32.2. The molecule has 3 atom stereocenters. The van der Waals surface area contributed by atoms with Crippen LogP contribution in [-0.4, -0.2) is 40.7 Å². The molecule has 3 aromatic rings. The molecule has 208 valence electrons. The number of carboxylic acids is 1. The molecular weight excluding hydrogens is 548 g/mol. The van der Waals surface area contributed by atoms with Gasteiger partial charge in [0.05, 0.1) is 23.7 Å². The predicted octanol–water partition coefficient (Wildman–Crippen LogP) is 6.32. The molecule has 4 rings (SSSR count). The third-order valence-corrected chi connectivity index (χ3v) is 8.45. The van der Waals surface area contributed by atoms with E-state index in [0.717, 1.165) is 10.5 Å². The lowest BCUT2D eigenvalue weighted by Crippen LogP contribution is -2.34. The number of benzene rings is 2. The Labute approximate surface area is 240 Å². The molecule has 2 amide bonds. The van der Waals surface area contributed by atoms with Crippen molar-refractivity contribution < 1.29 is 29.0 Å². The Morgan fingerprint density at radius 3 is 2.45 bits per heavy atom. The Hall–Kier alpha value is -3.89. The number of carboxylic acid groups (broad SMARTS) is 1. The molecule has 3 N–H and O–H groups in total. The van der Waals surface area contributed by atoms with Gasteiger partial charge in [-0.2, -0.15) is 0 Å². The Balaban J connectivity index is 1.44. The normalized spacial score (nSPS) is 17.1. The van der Waals surface area contributed by atoms with Crippen molar-refractivity contribution in [1.82, 2.24) is 0 Å². The number of rotatable bonds is 10. The lowest BCUT2D eigenvalue weighted by molar-refractivity contribution is -0.146. The molecule has 10 heteroatoms. The van der Waals surface area contributed by atoms with Crippen molar-refractivity contribution in [2.75, 3.05) is 17.2 Å². The zero-order valence-corrected chi connectivity index (χ0v) is 23.7. The number of ether oxygens (including phenoxy) is 1. The molecule has 8 nitrogen and oxygen atoms in total. The van der Waals surface area contributed by atoms with E-state index in [0.29, 0.717) is 34.7 Å². The van der Waals surface area contributed by atoms with E-state index in [4.69, 9.17) is 4.74 Å². The van der Waals surface area contributed by atoms with Gasteiger partial charge in [0.15, 0.2) is 0 Å². The number of thiophene rings is 1. The molecule has 3 unspecified atom stereocenters. The van der Waals surface area contributed by atoms with Crippen molar-refractivity contribution in [1.29, 1.82) is 0 Å². The van der Waals surface area contributed by atoms with Crippen LogP contribution in [0.3, 0.4) is 0 Å². The first-order chi connectivity index (χ1) is 19.3. The first kappa shape index (κ1) is 29.1. The molecule has 1 aromatic heterocycles. The van der Waals surface area contributed by atoms with Gasteiger partial charge in [-0.3, -0.25) is 14.4 Å². The quantitative estimate of drug-likeness (QED) is 0.146. The number of allylic oxidation sites excluding steroid dienone is 2. The lowest BCUT2D eigenvalue weighted by atomic mass is 9.82. The summed E-state index contributed by atoms with van der Waals surface area (Å²) in [5.74, 6) is -3.52. The van der Waals surface area contributed by atoms with Crippen LogP contribution in [0.25, 0.3) is 11.1 Å². The number of carbonyl (C=O) groups excluding carboxylic acids is 3. The second-order valence-electron chi connectivity index (χ2n) is 9.20. The molecule has 2 aromatic carbocycles. The number of aliphatic carboxylic acids is 1. The number of carbonyl (C=O) groups is 4. The minimum absolute atomic E-state index is 0.212. The largest absolute Gasteiger partial charge is 0.481 e. The van der Waals surface area contributed by atoms with Crippen molar-refractivity contribution >= 4 is 57.5 Å². The fourth-order valence-corrected chi connectivity index (χ4v) is 6.30. The molecule has 1 aliphatic carbocycles. The molecule has 1 heterocycles. The van der Waals surface area contributed by atoms with E-state index in [9.17, 15) is 24.3 Å². The number of anilines is 2. The van der Waals surface area contributed by atoms with Crippen LogP contribution in [0.5, 0.6) is 0 Å². The van der Waals surface area contributed by atoms with Crippen molar-refractivity contribution in [3.8, 4) is 11.1 Å². The maximum atomic E-state index is 13.2. The van der Waals surface area contributed by atoms with Gasteiger partial charge in [-0.25, -0.2) is 4.79 Å². The zero-order valence-electron chi connectivity index (χ0n) is 22.1. The van der Waals surface area contributed by atoms with Crippen molar-refractivity contribution in [3.05, 3.63) is 77.7 Å². The van der Waals surface area contributed by atoms with Gasteiger partial charge >= 0.3 is 11.9 Å². The highest BCUT2D eigenvalue weighted by molar-refractivity contribution is 8.00. The molecule has 0 bridgehead atoms. The zero-order chi connectivity index (χ0) is 28.6. The maximum Gasteiger partial charge on any atom is 0.341 e. The molecular formula is C30H30N2O6S2. The van der Waals surface area contributed by atoms with Crippen LogP contribution in [0, 0.1) is 11.8 Å². The first-order valence-corrected chi connectivity index (χ1v) is 14.6. The summed E-state index contributed by atoms with van der Waals surface area (Å²) in [5.41, 5.74) is 2.39. The third kappa shape index (κ3) is 7.00. The van der Waals surface area contributed by atoms with Crippen LogP contribution < -0.4 is 10.6 Å². The maximum absolute atomic E-state index is 13.2. The minimum Gasteiger partial charge on any atom is -0.481 e. The van der Waals surface area contributed by atoms with Gasteiger partial charge in [0, 0.05) is 21.5 Å². The van der Waals surface area contributed by atoms with Gasteiger partial charge in [-0.05, 0) is 50.5 Å². The van der Waals surface area contributed by atoms with Crippen LogP contribution in [0.1, 0.15) is 37.0 Å². The van der Waals surface area contributed by atoms with Gasteiger partial charge in [0.25, 0.3) is 0 Å². The summed E-state index contributed by atoms with van der Waals surface area (Å²) in [6, 6.07) is 16.5. The van der Waals surface area contributed by atoms with Crippen molar-refractivity contribution in [3.63, 3.8) is 0 Å². The highest BCUT2D eigenvalue weighted by Crippen LogP contribution is 2.37. The topological polar surface area (TPSA) is 122 Å². The number of hydrogen-bond acceptors (Lipinski definition) is 7. The highest BCUT2D eigenvalue weighted by Gasteiger charge is 2.34. The van der Waals surface area contributed by atoms with E-state index in [1.807, 2.05) is 47.9 Å². The summed E-state index contributed by atoms with van der Waals surface area (Å²) in [6.07, 6.45) is 4.32. The summed E-state index contributed by atoms with van der Waals surface area (Å²) in [5, 5.41) is 16.9. The third-order valence-electron chi connectivity index (χ3n) is 6.46. The van der Waals surface area contributed by atoms with E-state index in [1.54, 1.807) is 38.1 Å². The SMILES string of the molecule is CCOC(=O)c1c(-c2ccccc2)csc1NC(=O)C(C)Sc1cccc(NC(=O)C2CC=CCC2C(=O)O)c1. The van der Waals surface area contributed by atoms with E-state index in [-0.39, 0.29) is 18.4 Å². The predicted molar refractivity (Wildman–Crippen MR) is 158 cm³/mol. The Morgan fingerprint density at radius 2 is 1.75 bits per heavy atom. The Kier molecular flexibility index (Phi) is 9.79. The summed E-state index contributed by atoms with van der Waals surface area (Å²) in [4.78, 5) is 51.1. The second-order valence-corrected chi connectivity index (χ2v) is 11.5. The summed E-state index contributed by atoms with van der Waals surface area (Å²) < 4.78 is 5.28. The van der Waals surface area contributed by atoms with Crippen molar-refractivity contribution in [2.45, 2.75) is 36.8 Å². The van der Waals surface area contributed by atoms with Crippen LogP contribution >= 0.6 is 23.1 Å². The monoisotopic (exact) mass is 578 g/mol. The molecule has 1 aliphatic rings. The molecule has 0 radical (unpaired) electrons. The number of hydrogen-bond donors (Lipinski definition) is 3. The van der Waals surface area contributed by atoms with Gasteiger partial charge in [-0.1, -0.05) is 48.6 Å². The molecule has 0 spiro atoms. The van der Waals surface area contributed by atoms with Gasteiger partial charge in [-0.15, -0.1) is 23.1 Å². The van der Waals surface area contributed by atoms with Crippen LogP contribution in [0.4, 0.5) is 10.7 Å². The number of amides is 2. The summed E-state index contributed by atoms with van der Waals surface area (Å²) in [7, 11) is 0. The van der Waals surface area contributed by atoms with E-state index in [2.05, 4.69) is 10.6 Å². The molecule has 40 heavy (non-hydrogen) atoms. The van der Waals surface area contributed by atoms with Gasteiger partial charge < -0.3 is 20.5 Å². The number of thioether (sulfide) groups is 1. The lowest BCUT2D eigenvalue weighted by Gasteiger charge is -2.24. The fraction of sp³-hybridized carbons (Fsp3) is 0.267. The average Bonchev–Trinajstić information content (AvgIpc) is 3.37. The van der Waals surface area contributed by atoms with Crippen molar-refractivity contribution in [2.24, 2.45) is 11.8 Å². The summed E-state index contributed by atoms with van der Waals surface area (Å²) in [6.45, 7) is 3.70.